The summed E-state index contributed by atoms with van der Waals surface area (Å²) in [4.78, 5) is 26.7. The Morgan fingerprint density at radius 3 is 2.81 bits per heavy atom. The molecule has 0 unspecified atom stereocenters. The van der Waals surface area contributed by atoms with Gasteiger partial charge in [-0.1, -0.05) is 26.0 Å². The van der Waals surface area contributed by atoms with E-state index in [4.69, 9.17) is 4.74 Å². The van der Waals surface area contributed by atoms with Crippen molar-refractivity contribution in [1.29, 1.82) is 0 Å². The van der Waals surface area contributed by atoms with Crippen molar-refractivity contribution < 1.29 is 9.53 Å². The Kier molecular flexibility index (Phi) is 5.52. The highest BCUT2D eigenvalue weighted by Gasteiger charge is 2.25. The van der Waals surface area contributed by atoms with Gasteiger partial charge in [0.2, 0.25) is 0 Å². The van der Waals surface area contributed by atoms with Crippen molar-refractivity contribution in [2.75, 3.05) is 25.2 Å². The Bertz CT molecular complexity index is 858. The van der Waals surface area contributed by atoms with Crippen molar-refractivity contribution in [3.63, 3.8) is 0 Å². The number of hydrogen-bond acceptors (Lipinski definition) is 4. The molecule has 138 valence electrons. The molecule has 3 rings (SSSR count). The molecule has 0 atom stereocenters. The van der Waals surface area contributed by atoms with Crippen molar-refractivity contribution in [3.8, 4) is 0 Å². The summed E-state index contributed by atoms with van der Waals surface area (Å²) < 4.78 is 6.28. The zero-order chi connectivity index (χ0) is 18.7. The third-order valence-corrected chi connectivity index (χ3v) is 4.73. The van der Waals surface area contributed by atoms with Crippen LogP contribution in [0.4, 0.5) is 5.69 Å². The first-order valence-corrected chi connectivity index (χ1v) is 9.03. The zero-order valence-electron chi connectivity index (χ0n) is 15.6. The number of ether oxygens (including phenoxy) is 1. The van der Waals surface area contributed by atoms with Gasteiger partial charge in [-0.3, -0.25) is 9.59 Å². The normalized spacial score (nSPS) is 13.8. The van der Waals surface area contributed by atoms with E-state index < -0.39 is 0 Å². The summed E-state index contributed by atoms with van der Waals surface area (Å²) in [6, 6.07) is 9.21. The number of rotatable bonds is 5. The second-order valence-corrected chi connectivity index (χ2v) is 6.88. The lowest BCUT2D eigenvalue weighted by Gasteiger charge is -2.30. The van der Waals surface area contributed by atoms with Crippen molar-refractivity contribution in [2.24, 2.45) is 0 Å². The largest absolute Gasteiger partial charge is 0.383 e. The van der Waals surface area contributed by atoms with E-state index in [0.717, 1.165) is 18.5 Å². The monoisotopic (exact) mass is 355 g/mol. The molecule has 26 heavy (non-hydrogen) atoms. The number of aromatic nitrogens is 2. The molecule has 6 nitrogen and oxygen atoms in total. The maximum atomic E-state index is 13.0. The number of nitrogens with zero attached hydrogens (tertiary/aromatic N) is 3. The average Bonchev–Trinajstić information content (AvgIpc) is 2.65. The summed E-state index contributed by atoms with van der Waals surface area (Å²) in [7, 11) is 1.57. The third kappa shape index (κ3) is 3.70. The predicted octanol–water partition coefficient (Wildman–Crippen LogP) is 2.61. The molecule has 2 aromatic rings. The standard InChI is InChI=1S/C20H25N3O3/c1-14(2)15-6-8-18-16(13-15)5-4-10-22(18)20(25)17-7-9-19(24)23(21-17)11-12-26-3/h6-9,13-14H,4-5,10-12H2,1-3H3. The Hall–Kier alpha value is -2.47. The van der Waals surface area contributed by atoms with Crippen LogP contribution in [-0.2, 0) is 17.7 Å². The van der Waals surface area contributed by atoms with E-state index in [1.807, 2.05) is 6.07 Å². The second-order valence-electron chi connectivity index (χ2n) is 6.88. The lowest BCUT2D eigenvalue weighted by atomic mass is 9.94. The fourth-order valence-corrected chi connectivity index (χ4v) is 3.23. The van der Waals surface area contributed by atoms with Gasteiger partial charge in [-0.15, -0.1) is 0 Å². The fourth-order valence-electron chi connectivity index (χ4n) is 3.23. The molecule has 0 N–H and O–H groups in total. The maximum Gasteiger partial charge on any atom is 0.278 e. The minimum absolute atomic E-state index is 0.172. The van der Waals surface area contributed by atoms with Crippen LogP contribution in [0.2, 0.25) is 0 Å². The van der Waals surface area contributed by atoms with Crippen molar-refractivity contribution in [3.05, 3.63) is 57.5 Å². The molecule has 0 fully saturated rings. The first-order valence-electron chi connectivity index (χ1n) is 9.03. The quantitative estimate of drug-likeness (QED) is 0.827. The number of carbonyl (C=O) groups excluding carboxylic acids is 1. The SMILES string of the molecule is COCCn1nc(C(=O)N2CCCc3cc(C(C)C)ccc32)ccc1=O. The molecule has 1 aromatic carbocycles. The molecule has 2 heterocycles. The topological polar surface area (TPSA) is 64.4 Å². The average molecular weight is 355 g/mol. The number of anilines is 1. The van der Waals surface area contributed by atoms with Crippen LogP contribution >= 0.6 is 0 Å². The highest BCUT2D eigenvalue weighted by molar-refractivity contribution is 6.05. The first-order chi connectivity index (χ1) is 12.5. The van der Waals surface area contributed by atoms with Crippen LogP contribution in [0.1, 0.15) is 47.8 Å². The molecule has 1 aliphatic rings. The van der Waals surface area contributed by atoms with E-state index >= 15 is 0 Å². The highest BCUT2D eigenvalue weighted by Crippen LogP contribution is 2.31. The van der Waals surface area contributed by atoms with Crippen LogP contribution in [0.15, 0.2) is 35.1 Å². The predicted molar refractivity (Wildman–Crippen MR) is 101 cm³/mol. The molecule has 1 amide bonds. The van der Waals surface area contributed by atoms with E-state index in [0.29, 0.717) is 25.6 Å². The van der Waals surface area contributed by atoms with E-state index in [2.05, 4.69) is 31.1 Å². The van der Waals surface area contributed by atoms with Gasteiger partial charge in [0, 0.05) is 25.4 Å². The minimum atomic E-state index is -0.237. The summed E-state index contributed by atoms with van der Waals surface area (Å²) in [5, 5.41) is 4.24. The van der Waals surface area contributed by atoms with Gasteiger partial charge in [-0.05, 0) is 42.0 Å². The number of aryl methyl sites for hydroxylation is 1. The number of carbonyl (C=O) groups is 1. The first kappa shape index (κ1) is 18.3. The number of methoxy groups -OCH3 is 1. The molecular weight excluding hydrogens is 330 g/mol. The van der Waals surface area contributed by atoms with Crippen molar-refractivity contribution in [2.45, 2.75) is 39.2 Å². The van der Waals surface area contributed by atoms with Gasteiger partial charge >= 0.3 is 0 Å². The van der Waals surface area contributed by atoms with E-state index in [1.165, 1.54) is 27.9 Å². The smallest absolute Gasteiger partial charge is 0.278 e. The molecule has 0 bridgehead atoms. The van der Waals surface area contributed by atoms with Gasteiger partial charge in [-0.2, -0.15) is 5.10 Å². The van der Waals surface area contributed by atoms with E-state index in [1.54, 1.807) is 12.0 Å². The molecule has 0 saturated carbocycles. The van der Waals surface area contributed by atoms with Crippen LogP contribution in [0.3, 0.4) is 0 Å². The van der Waals surface area contributed by atoms with Gasteiger partial charge in [0.15, 0.2) is 0 Å². The zero-order valence-corrected chi connectivity index (χ0v) is 15.6. The summed E-state index contributed by atoms with van der Waals surface area (Å²) in [6.07, 6.45) is 1.89. The summed E-state index contributed by atoms with van der Waals surface area (Å²) in [6.45, 7) is 5.69. The van der Waals surface area contributed by atoms with Crippen LogP contribution in [0.5, 0.6) is 0 Å². The van der Waals surface area contributed by atoms with Crippen molar-refractivity contribution in [1.82, 2.24) is 9.78 Å². The Morgan fingerprint density at radius 2 is 2.08 bits per heavy atom. The third-order valence-electron chi connectivity index (χ3n) is 4.73. The van der Waals surface area contributed by atoms with Gasteiger partial charge in [0.05, 0.1) is 13.2 Å². The lowest BCUT2D eigenvalue weighted by Crippen LogP contribution is -2.37. The molecule has 1 aliphatic heterocycles. The Labute approximate surface area is 153 Å². The van der Waals surface area contributed by atoms with E-state index in [-0.39, 0.29) is 17.2 Å². The van der Waals surface area contributed by atoms with Crippen LogP contribution in [0.25, 0.3) is 0 Å². The van der Waals surface area contributed by atoms with Crippen LogP contribution in [0, 0.1) is 0 Å². The van der Waals surface area contributed by atoms with Crippen molar-refractivity contribution >= 4 is 11.6 Å². The number of hydrogen-bond donors (Lipinski definition) is 0. The summed E-state index contributed by atoms with van der Waals surface area (Å²) in [5.41, 5.74) is 3.47. The maximum absolute atomic E-state index is 13.0. The van der Waals surface area contributed by atoms with Crippen LogP contribution in [-0.4, -0.2) is 35.9 Å². The molecule has 0 aliphatic carbocycles. The number of fused-ring (bicyclic) bond motifs is 1. The lowest BCUT2D eigenvalue weighted by molar-refractivity contribution is 0.0976. The van der Waals surface area contributed by atoms with Gasteiger partial charge in [0.1, 0.15) is 5.69 Å². The number of benzene rings is 1. The fraction of sp³-hybridized carbons (Fsp3) is 0.450. The van der Waals surface area contributed by atoms with Gasteiger partial charge in [-0.25, -0.2) is 4.68 Å². The molecule has 6 heteroatoms. The molecule has 0 saturated heterocycles. The van der Waals surface area contributed by atoms with E-state index in [9.17, 15) is 9.59 Å². The molecular formula is C20H25N3O3. The minimum Gasteiger partial charge on any atom is -0.383 e. The van der Waals surface area contributed by atoms with Crippen LogP contribution < -0.4 is 10.5 Å². The second kappa shape index (κ2) is 7.83. The number of amides is 1. The molecule has 0 spiro atoms. The van der Waals surface area contributed by atoms with Gasteiger partial charge in [0.25, 0.3) is 11.5 Å². The summed E-state index contributed by atoms with van der Waals surface area (Å²) in [5.74, 6) is 0.284. The molecule has 1 aromatic heterocycles. The van der Waals surface area contributed by atoms with Gasteiger partial charge < -0.3 is 9.64 Å². The Balaban J connectivity index is 1.91. The Morgan fingerprint density at radius 1 is 1.27 bits per heavy atom. The highest BCUT2D eigenvalue weighted by atomic mass is 16.5. The summed E-state index contributed by atoms with van der Waals surface area (Å²) >= 11 is 0. The molecule has 0 radical (unpaired) electrons.